The highest BCUT2D eigenvalue weighted by Crippen LogP contribution is 2.18. The minimum Gasteiger partial charge on any atom is -0.398 e. The van der Waals surface area contributed by atoms with Gasteiger partial charge in [0.05, 0.1) is 5.56 Å². The van der Waals surface area contributed by atoms with Crippen LogP contribution >= 0.6 is 12.4 Å². The molecule has 5 nitrogen and oxygen atoms in total. The second-order valence-corrected chi connectivity index (χ2v) is 6.17. The molecule has 0 aliphatic carbocycles. The molecule has 1 aromatic rings. The molecule has 2 amide bonds. The van der Waals surface area contributed by atoms with Crippen LogP contribution in [0, 0.1) is 5.92 Å². The number of carbonyl (C=O) groups is 2. The molecule has 1 heterocycles. The first-order valence-corrected chi connectivity index (χ1v) is 8.50. The van der Waals surface area contributed by atoms with Gasteiger partial charge in [-0.3, -0.25) is 9.59 Å². The summed E-state index contributed by atoms with van der Waals surface area (Å²) in [6.45, 7) is 5.54. The summed E-state index contributed by atoms with van der Waals surface area (Å²) < 4.78 is 0. The molecule has 24 heavy (non-hydrogen) atoms. The van der Waals surface area contributed by atoms with E-state index < -0.39 is 0 Å². The molecule has 0 atom stereocenters. The summed E-state index contributed by atoms with van der Waals surface area (Å²) in [5, 5.41) is 3.04. The van der Waals surface area contributed by atoms with Crippen LogP contribution in [-0.2, 0) is 4.79 Å². The molecule has 0 bridgehead atoms. The highest BCUT2D eigenvalue weighted by atomic mass is 35.5. The molecule has 0 radical (unpaired) electrons. The average molecular weight is 354 g/mol. The van der Waals surface area contributed by atoms with Gasteiger partial charge in [0.2, 0.25) is 5.91 Å². The Morgan fingerprint density at radius 1 is 1.21 bits per heavy atom. The normalized spacial score (nSPS) is 15.0. The first-order valence-electron chi connectivity index (χ1n) is 8.50. The quantitative estimate of drug-likeness (QED) is 0.799. The number of hydrogen-bond donors (Lipinski definition) is 2. The molecule has 0 unspecified atom stereocenters. The number of likely N-dealkylation sites (tertiary alicyclic amines) is 1. The highest BCUT2D eigenvalue weighted by Gasteiger charge is 2.27. The van der Waals surface area contributed by atoms with Crippen molar-refractivity contribution in [2.75, 3.05) is 18.8 Å². The molecule has 0 aromatic heterocycles. The lowest BCUT2D eigenvalue weighted by molar-refractivity contribution is -0.136. The zero-order valence-electron chi connectivity index (χ0n) is 14.5. The van der Waals surface area contributed by atoms with Crippen molar-refractivity contribution in [3.63, 3.8) is 0 Å². The highest BCUT2D eigenvalue weighted by molar-refractivity contribution is 5.99. The van der Waals surface area contributed by atoms with Gasteiger partial charge in [-0.15, -0.1) is 12.4 Å². The lowest BCUT2D eigenvalue weighted by Crippen LogP contribution is -2.48. The van der Waals surface area contributed by atoms with Gasteiger partial charge >= 0.3 is 0 Å². The van der Waals surface area contributed by atoms with Crippen LogP contribution in [0.1, 0.15) is 49.9 Å². The molecular formula is C18H28ClN3O2. The number of para-hydroxylation sites is 1. The average Bonchev–Trinajstić information content (AvgIpc) is 2.57. The van der Waals surface area contributed by atoms with Gasteiger partial charge in [-0.05, 0) is 37.8 Å². The molecule has 2 rings (SSSR count). The molecule has 1 fully saturated rings. The molecule has 1 aliphatic heterocycles. The topological polar surface area (TPSA) is 75.4 Å². The van der Waals surface area contributed by atoms with E-state index in [4.69, 9.17) is 5.73 Å². The second-order valence-electron chi connectivity index (χ2n) is 6.17. The van der Waals surface area contributed by atoms with Gasteiger partial charge in [-0.2, -0.15) is 0 Å². The first kappa shape index (κ1) is 20.3. The minimum absolute atomic E-state index is 0. The van der Waals surface area contributed by atoms with Crippen LogP contribution in [0.3, 0.4) is 0 Å². The standard InChI is InChI=1S/C18H27N3O2.ClH/c1-3-13(4-2)18(23)21-11-9-14(10-12-21)20-17(22)15-7-5-6-8-16(15)19;/h5-8,13-14H,3-4,9-12,19H2,1-2H3,(H,20,22);1H. The number of benzene rings is 1. The molecule has 1 aliphatic rings. The predicted molar refractivity (Wildman–Crippen MR) is 99.2 cm³/mol. The van der Waals surface area contributed by atoms with Crippen LogP contribution in [0.2, 0.25) is 0 Å². The van der Waals surface area contributed by atoms with Crippen LogP contribution < -0.4 is 11.1 Å². The van der Waals surface area contributed by atoms with Gasteiger partial charge in [0.1, 0.15) is 0 Å². The van der Waals surface area contributed by atoms with Crippen LogP contribution in [0.25, 0.3) is 0 Å². The number of halogens is 1. The molecule has 0 spiro atoms. The number of nitrogens with zero attached hydrogens (tertiary/aromatic N) is 1. The maximum Gasteiger partial charge on any atom is 0.253 e. The summed E-state index contributed by atoms with van der Waals surface area (Å²) in [7, 11) is 0. The Balaban J connectivity index is 0.00000288. The van der Waals surface area contributed by atoms with Crippen LogP contribution in [-0.4, -0.2) is 35.8 Å². The third-order valence-electron chi connectivity index (χ3n) is 4.68. The van der Waals surface area contributed by atoms with Crippen LogP contribution in [0.4, 0.5) is 5.69 Å². The van der Waals surface area contributed by atoms with Gasteiger partial charge < -0.3 is 16.0 Å². The van der Waals surface area contributed by atoms with Gasteiger partial charge in [0, 0.05) is 30.7 Å². The lowest BCUT2D eigenvalue weighted by Gasteiger charge is -2.34. The number of nitrogens with one attached hydrogen (secondary N) is 1. The fourth-order valence-corrected chi connectivity index (χ4v) is 3.11. The Morgan fingerprint density at radius 3 is 2.33 bits per heavy atom. The fourth-order valence-electron chi connectivity index (χ4n) is 3.11. The monoisotopic (exact) mass is 353 g/mol. The van der Waals surface area contributed by atoms with Crippen molar-refractivity contribution in [2.45, 2.75) is 45.6 Å². The predicted octanol–water partition coefficient (Wildman–Crippen LogP) is 2.85. The van der Waals surface area contributed by atoms with E-state index in [9.17, 15) is 9.59 Å². The fraction of sp³-hybridized carbons (Fsp3) is 0.556. The second kappa shape index (κ2) is 9.52. The van der Waals surface area contributed by atoms with E-state index in [-0.39, 0.29) is 36.2 Å². The smallest absolute Gasteiger partial charge is 0.253 e. The van der Waals surface area contributed by atoms with Crippen molar-refractivity contribution in [1.82, 2.24) is 10.2 Å². The van der Waals surface area contributed by atoms with Crippen molar-refractivity contribution in [3.8, 4) is 0 Å². The molecule has 1 aromatic carbocycles. The first-order chi connectivity index (χ1) is 11.1. The maximum absolute atomic E-state index is 12.4. The number of rotatable bonds is 5. The van der Waals surface area contributed by atoms with Crippen molar-refractivity contribution < 1.29 is 9.59 Å². The summed E-state index contributed by atoms with van der Waals surface area (Å²) >= 11 is 0. The lowest BCUT2D eigenvalue weighted by atomic mass is 9.98. The van der Waals surface area contributed by atoms with E-state index in [0.29, 0.717) is 24.3 Å². The zero-order chi connectivity index (χ0) is 16.8. The largest absolute Gasteiger partial charge is 0.398 e. The number of anilines is 1. The number of piperidine rings is 1. The Bertz CT molecular complexity index is 553. The van der Waals surface area contributed by atoms with Crippen molar-refractivity contribution >= 4 is 29.9 Å². The molecule has 0 saturated carbocycles. The Morgan fingerprint density at radius 2 is 1.79 bits per heavy atom. The molecular weight excluding hydrogens is 326 g/mol. The summed E-state index contributed by atoms with van der Waals surface area (Å²) in [5.74, 6) is 0.255. The summed E-state index contributed by atoms with van der Waals surface area (Å²) in [6.07, 6.45) is 3.37. The maximum atomic E-state index is 12.4. The van der Waals surface area contributed by atoms with Crippen molar-refractivity contribution in [3.05, 3.63) is 29.8 Å². The van der Waals surface area contributed by atoms with Gasteiger partial charge in [-0.25, -0.2) is 0 Å². The van der Waals surface area contributed by atoms with E-state index in [1.54, 1.807) is 12.1 Å². The Labute approximate surface area is 150 Å². The molecule has 3 N–H and O–H groups in total. The number of hydrogen-bond acceptors (Lipinski definition) is 3. The zero-order valence-corrected chi connectivity index (χ0v) is 15.3. The minimum atomic E-state index is -0.132. The SMILES string of the molecule is CCC(CC)C(=O)N1CCC(NC(=O)c2ccccc2N)CC1.Cl. The Hall–Kier alpha value is -1.75. The third kappa shape index (κ3) is 4.87. The molecule has 1 saturated heterocycles. The summed E-state index contributed by atoms with van der Waals surface area (Å²) in [6, 6.07) is 7.19. The van der Waals surface area contributed by atoms with Gasteiger partial charge in [0.25, 0.3) is 5.91 Å². The number of nitrogen functional groups attached to an aromatic ring is 1. The van der Waals surface area contributed by atoms with Crippen molar-refractivity contribution in [2.24, 2.45) is 5.92 Å². The van der Waals surface area contributed by atoms with Crippen LogP contribution in [0.5, 0.6) is 0 Å². The molecule has 134 valence electrons. The van der Waals surface area contributed by atoms with E-state index in [0.717, 1.165) is 25.7 Å². The van der Waals surface area contributed by atoms with Gasteiger partial charge in [-0.1, -0.05) is 26.0 Å². The molecule has 6 heteroatoms. The van der Waals surface area contributed by atoms with E-state index >= 15 is 0 Å². The van der Waals surface area contributed by atoms with E-state index in [1.165, 1.54) is 0 Å². The van der Waals surface area contributed by atoms with Crippen LogP contribution in [0.15, 0.2) is 24.3 Å². The van der Waals surface area contributed by atoms with E-state index in [1.807, 2.05) is 17.0 Å². The van der Waals surface area contributed by atoms with Crippen molar-refractivity contribution in [1.29, 1.82) is 0 Å². The number of amides is 2. The third-order valence-corrected chi connectivity index (χ3v) is 4.68. The summed E-state index contributed by atoms with van der Waals surface area (Å²) in [5.41, 5.74) is 6.85. The summed E-state index contributed by atoms with van der Waals surface area (Å²) in [4.78, 5) is 26.6. The van der Waals surface area contributed by atoms with Gasteiger partial charge in [0.15, 0.2) is 0 Å². The number of carbonyl (C=O) groups excluding carboxylic acids is 2. The Kier molecular flexibility index (Phi) is 8.05. The number of nitrogens with two attached hydrogens (primary N) is 1. The van der Waals surface area contributed by atoms with E-state index in [2.05, 4.69) is 19.2 Å².